The highest BCUT2D eigenvalue weighted by atomic mass is 16.1. The molecule has 1 unspecified atom stereocenters. The Labute approximate surface area is 140 Å². The van der Waals surface area contributed by atoms with Crippen LogP contribution in [0, 0.1) is 12.8 Å². The second-order valence-electron chi connectivity index (χ2n) is 5.41. The Morgan fingerprint density at radius 2 is 2.27 bits per heavy atom. The molecule has 1 aliphatic rings. The molecule has 0 saturated carbocycles. The topological polar surface area (TPSA) is 39.8 Å². The van der Waals surface area contributed by atoms with Gasteiger partial charge >= 0.3 is 0 Å². The van der Waals surface area contributed by atoms with Crippen molar-refractivity contribution in [3.63, 3.8) is 0 Å². The minimum Gasteiger partial charge on any atom is -0.347 e. The quantitative estimate of drug-likeness (QED) is 0.729. The van der Waals surface area contributed by atoms with Gasteiger partial charge in [0.15, 0.2) is 5.78 Å². The first-order valence-corrected chi connectivity index (χ1v) is 7.06. The van der Waals surface area contributed by atoms with Crippen LogP contribution in [0.1, 0.15) is 39.3 Å². The molecule has 112 valence electrons. The van der Waals surface area contributed by atoms with Gasteiger partial charge < -0.3 is 9.13 Å². The molecule has 4 rings (SSSR count). The van der Waals surface area contributed by atoms with Crippen molar-refractivity contribution in [3.05, 3.63) is 53.6 Å². The second-order valence-corrected chi connectivity index (χ2v) is 5.41. The maximum atomic E-state index is 13.5. The van der Waals surface area contributed by atoms with E-state index < -0.39 is 30.4 Å². The van der Waals surface area contributed by atoms with Crippen LogP contribution in [0.4, 0.5) is 0 Å². The van der Waals surface area contributed by atoms with Gasteiger partial charge in [-0.05, 0) is 25.8 Å². The molecule has 0 fully saturated rings. The number of imidazole rings is 1. The Bertz CT molecular complexity index is 1240. The van der Waals surface area contributed by atoms with Crippen molar-refractivity contribution in [2.45, 2.75) is 26.3 Å². The number of nitrogens with zero attached hydrogens (tertiary/aromatic N) is 3. The molecular weight excluding hydrogens is 274 g/mol. The van der Waals surface area contributed by atoms with Gasteiger partial charge in [-0.1, -0.05) is 18.1 Å². The standard InChI is InChI=1S/C18H19N3O/c1-12-19-9-10-21(12)11-13-7-8-16-17(18(13)22)14-5-3-4-6-15(14)20(16)2/h3-6,9-10,13H,7-8,11H2,1-2H3/i3D,4D,5D,6D,9D,10D,11D2. The zero-order chi connectivity index (χ0) is 22.3. The van der Waals surface area contributed by atoms with Gasteiger partial charge in [0.2, 0.25) is 0 Å². The van der Waals surface area contributed by atoms with E-state index in [-0.39, 0.29) is 53.0 Å². The van der Waals surface area contributed by atoms with E-state index in [4.69, 9.17) is 11.0 Å². The highest BCUT2D eigenvalue weighted by molar-refractivity contribution is 6.11. The summed E-state index contributed by atoms with van der Waals surface area (Å²) in [4.78, 5) is 17.3. The highest BCUT2D eigenvalue weighted by Crippen LogP contribution is 2.34. The Hall–Kier alpha value is -2.36. The number of fused-ring (bicyclic) bond motifs is 3. The molecule has 4 heteroatoms. The molecule has 0 spiro atoms. The molecule has 2 aromatic heterocycles. The lowest BCUT2D eigenvalue weighted by Gasteiger charge is -2.23. The summed E-state index contributed by atoms with van der Waals surface area (Å²) < 4.78 is 67.9. The monoisotopic (exact) mass is 301 g/mol. The number of benzene rings is 1. The molecule has 0 N–H and O–H groups in total. The van der Waals surface area contributed by atoms with Gasteiger partial charge in [0.05, 0.1) is 11.0 Å². The highest BCUT2D eigenvalue weighted by Gasteiger charge is 2.32. The molecule has 1 atom stereocenters. The molecule has 4 nitrogen and oxygen atoms in total. The number of aryl methyl sites for hydroxylation is 2. The molecule has 0 saturated heterocycles. The molecular formula is C18H19N3O. The maximum absolute atomic E-state index is 13.5. The Balaban J connectivity index is 1.96. The summed E-state index contributed by atoms with van der Waals surface area (Å²) in [5.41, 5.74) is 0.868. The van der Waals surface area contributed by atoms with Crippen molar-refractivity contribution < 1.29 is 15.8 Å². The van der Waals surface area contributed by atoms with Crippen molar-refractivity contribution in [1.82, 2.24) is 14.1 Å². The van der Waals surface area contributed by atoms with Crippen molar-refractivity contribution >= 4 is 16.7 Å². The lowest BCUT2D eigenvalue weighted by molar-refractivity contribution is 0.0888. The molecule has 0 bridgehead atoms. The minimum absolute atomic E-state index is 0.0960. The number of hydrogen-bond acceptors (Lipinski definition) is 2. The van der Waals surface area contributed by atoms with Crippen LogP contribution < -0.4 is 0 Å². The zero-order valence-electron chi connectivity index (χ0n) is 20.2. The van der Waals surface area contributed by atoms with Gasteiger partial charge in [0, 0.05) is 54.0 Å². The van der Waals surface area contributed by atoms with Crippen molar-refractivity contribution in [1.29, 1.82) is 0 Å². The zero-order valence-corrected chi connectivity index (χ0v) is 12.2. The normalized spacial score (nSPS) is 23.7. The van der Waals surface area contributed by atoms with E-state index >= 15 is 0 Å². The molecule has 1 aliphatic carbocycles. The first-order valence-electron chi connectivity index (χ1n) is 11.1. The Kier molecular flexibility index (Phi) is 1.60. The molecule has 0 amide bonds. The van der Waals surface area contributed by atoms with Crippen LogP contribution >= 0.6 is 0 Å². The fourth-order valence-corrected chi connectivity index (χ4v) is 3.02. The summed E-state index contributed by atoms with van der Waals surface area (Å²) in [7, 11) is 1.64. The van der Waals surface area contributed by atoms with Crippen LogP contribution in [0.15, 0.2) is 36.5 Å². The number of hydrogen-bond donors (Lipinski definition) is 0. The lowest BCUT2D eigenvalue weighted by Crippen LogP contribution is -2.27. The third-order valence-electron chi connectivity index (χ3n) is 4.17. The molecule has 3 aromatic rings. The van der Waals surface area contributed by atoms with Crippen molar-refractivity contribution in [2.24, 2.45) is 13.0 Å². The Morgan fingerprint density at radius 3 is 3.05 bits per heavy atom. The van der Waals surface area contributed by atoms with Crippen LogP contribution in [0.5, 0.6) is 0 Å². The first kappa shape index (κ1) is 7.27. The van der Waals surface area contributed by atoms with E-state index in [1.54, 1.807) is 11.6 Å². The average molecular weight is 301 g/mol. The van der Waals surface area contributed by atoms with Crippen LogP contribution in [-0.4, -0.2) is 19.9 Å². The summed E-state index contributed by atoms with van der Waals surface area (Å²) in [6.07, 6.45) is -0.365. The third-order valence-corrected chi connectivity index (χ3v) is 4.17. The van der Waals surface area contributed by atoms with E-state index in [9.17, 15) is 4.79 Å². The number of ketones is 1. The molecule has 1 aromatic carbocycles. The summed E-state index contributed by atoms with van der Waals surface area (Å²) >= 11 is 0. The summed E-state index contributed by atoms with van der Waals surface area (Å²) in [5.74, 6) is -1.64. The molecule has 0 aliphatic heterocycles. The summed E-state index contributed by atoms with van der Waals surface area (Å²) in [6, 6.07) is -1.41. The fourth-order valence-electron chi connectivity index (χ4n) is 3.02. The maximum Gasteiger partial charge on any atom is 0.170 e. The minimum atomic E-state index is -2.32. The number of Topliss-reactive ketones (excluding diaryl/α,β-unsaturated/α-hetero) is 1. The van der Waals surface area contributed by atoms with E-state index in [0.29, 0.717) is 12.1 Å². The van der Waals surface area contributed by atoms with E-state index in [1.165, 1.54) is 6.92 Å². The smallest absolute Gasteiger partial charge is 0.170 e. The van der Waals surface area contributed by atoms with Gasteiger partial charge in [-0.2, -0.15) is 0 Å². The molecule has 2 heterocycles. The van der Waals surface area contributed by atoms with Crippen molar-refractivity contribution in [3.8, 4) is 0 Å². The summed E-state index contributed by atoms with van der Waals surface area (Å²) in [5, 5.41) is 0.0960. The number of para-hydroxylation sites is 1. The van der Waals surface area contributed by atoms with Gasteiger partial charge in [0.25, 0.3) is 0 Å². The van der Waals surface area contributed by atoms with E-state index in [1.807, 2.05) is 0 Å². The third kappa shape index (κ3) is 1.83. The fraction of sp³-hybridized carbons (Fsp3) is 0.333. The van der Waals surface area contributed by atoms with Crippen LogP contribution in [0.3, 0.4) is 0 Å². The largest absolute Gasteiger partial charge is 0.347 e. The number of rotatable bonds is 2. The Morgan fingerprint density at radius 1 is 1.45 bits per heavy atom. The first-order chi connectivity index (χ1) is 13.9. The SMILES string of the molecule is [2H]c1nc(C)n(C([2H])([2H])C2CCc3c(c4c([2H])c([2H])c([2H])c([2H])c4n3C)C2=O)c1[2H]. The van der Waals surface area contributed by atoms with Crippen LogP contribution in [0.2, 0.25) is 0 Å². The van der Waals surface area contributed by atoms with Crippen molar-refractivity contribution in [2.75, 3.05) is 0 Å². The summed E-state index contributed by atoms with van der Waals surface area (Å²) in [6.45, 7) is -0.851. The van der Waals surface area contributed by atoms with Crippen LogP contribution in [0.25, 0.3) is 10.9 Å². The number of carbonyl (C=O) groups excluding carboxylic acids is 1. The van der Waals surface area contributed by atoms with Crippen LogP contribution in [-0.2, 0) is 20.0 Å². The predicted molar refractivity (Wildman–Crippen MR) is 86.0 cm³/mol. The van der Waals surface area contributed by atoms with Gasteiger partial charge in [0.1, 0.15) is 5.82 Å². The van der Waals surface area contributed by atoms with Gasteiger partial charge in [-0.15, -0.1) is 0 Å². The van der Waals surface area contributed by atoms with E-state index in [2.05, 4.69) is 4.98 Å². The van der Waals surface area contributed by atoms with E-state index in [0.717, 1.165) is 4.57 Å². The average Bonchev–Trinajstić information content (AvgIpc) is 3.12. The number of carbonyl (C=O) groups is 1. The second kappa shape index (κ2) is 4.83. The lowest BCUT2D eigenvalue weighted by atomic mass is 9.85. The predicted octanol–water partition coefficient (Wildman–Crippen LogP) is 3.13. The van der Waals surface area contributed by atoms with Gasteiger partial charge in [-0.3, -0.25) is 4.79 Å². The molecule has 22 heavy (non-hydrogen) atoms. The van der Waals surface area contributed by atoms with Gasteiger partial charge in [-0.25, -0.2) is 4.98 Å². The number of aromatic nitrogens is 3. The molecule has 0 radical (unpaired) electrons.